The van der Waals surface area contributed by atoms with E-state index in [0.717, 1.165) is 42.1 Å². The molecule has 0 aliphatic carbocycles. The summed E-state index contributed by atoms with van der Waals surface area (Å²) in [7, 11) is 0. The van der Waals surface area contributed by atoms with E-state index in [4.69, 9.17) is 4.74 Å². The minimum atomic E-state index is 0.136. The Bertz CT molecular complexity index is 990. The van der Waals surface area contributed by atoms with Crippen molar-refractivity contribution in [2.24, 2.45) is 0 Å². The molecule has 1 aliphatic rings. The molecular weight excluding hydrogens is 374 g/mol. The number of nitrogens with zero attached hydrogens (tertiary/aromatic N) is 3. The second-order valence-corrected chi connectivity index (χ2v) is 7.75. The second kappa shape index (κ2) is 9.53. The lowest BCUT2D eigenvalue weighted by atomic mass is 9.91. The van der Waals surface area contributed by atoms with E-state index in [9.17, 15) is 4.79 Å². The molecule has 0 N–H and O–H groups in total. The lowest BCUT2D eigenvalue weighted by molar-refractivity contribution is -0.132. The highest BCUT2D eigenvalue weighted by molar-refractivity contribution is 5.76. The number of hydrogen-bond donors (Lipinski definition) is 0. The molecule has 30 heavy (non-hydrogen) atoms. The Morgan fingerprint density at radius 3 is 2.77 bits per heavy atom. The normalized spacial score (nSPS) is 16.3. The predicted octanol–water partition coefficient (Wildman–Crippen LogP) is 4.63. The van der Waals surface area contributed by atoms with Gasteiger partial charge < -0.3 is 9.64 Å². The number of aryl methyl sites for hydroxylation is 1. The first-order valence-electron chi connectivity index (χ1n) is 10.5. The fourth-order valence-corrected chi connectivity index (χ4v) is 4.02. The average Bonchev–Trinajstić information content (AvgIpc) is 2.80. The van der Waals surface area contributed by atoms with Gasteiger partial charge in [0, 0.05) is 37.0 Å². The van der Waals surface area contributed by atoms with Crippen molar-refractivity contribution in [1.82, 2.24) is 14.9 Å². The summed E-state index contributed by atoms with van der Waals surface area (Å²) in [5.41, 5.74) is 4.19. The molecule has 0 saturated carbocycles. The summed E-state index contributed by atoms with van der Waals surface area (Å²) in [6, 6.07) is 18.0. The molecule has 2 heterocycles. The van der Waals surface area contributed by atoms with E-state index in [0.29, 0.717) is 19.6 Å². The number of carbonyl (C=O) groups excluding carboxylic acids is 1. The zero-order valence-electron chi connectivity index (χ0n) is 17.3. The van der Waals surface area contributed by atoms with Crippen molar-refractivity contribution in [1.29, 1.82) is 0 Å². The lowest BCUT2D eigenvalue weighted by Gasteiger charge is -2.33. The van der Waals surface area contributed by atoms with E-state index in [-0.39, 0.29) is 11.8 Å². The van der Waals surface area contributed by atoms with Crippen molar-refractivity contribution < 1.29 is 9.53 Å². The Labute approximate surface area is 177 Å². The van der Waals surface area contributed by atoms with Crippen LogP contribution in [-0.4, -0.2) is 40.5 Å². The van der Waals surface area contributed by atoms with Gasteiger partial charge in [-0.05, 0) is 38.0 Å². The number of likely N-dealkylation sites (tertiary alicyclic amines) is 1. The van der Waals surface area contributed by atoms with Gasteiger partial charge in [0.15, 0.2) is 0 Å². The van der Waals surface area contributed by atoms with Crippen LogP contribution in [0.3, 0.4) is 0 Å². The number of rotatable bonds is 6. The third-order valence-electron chi connectivity index (χ3n) is 5.51. The van der Waals surface area contributed by atoms with Gasteiger partial charge in [0.05, 0.1) is 24.4 Å². The van der Waals surface area contributed by atoms with Gasteiger partial charge in [-0.3, -0.25) is 14.8 Å². The fourth-order valence-electron chi connectivity index (χ4n) is 4.02. The molecule has 1 fully saturated rings. The standard InChI is InChI=1S/C25H27N3O2/c1-19-7-5-8-20(17-19)24-25(27-14-13-26-24)21-9-6-15-28(18-21)23(29)12-16-30-22-10-3-2-4-11-22/h2-5,7-8,10-11,13-14,17,21H,6,9,12,15-16,18H2,1H3. The molecule has 2 aromatic carbocycles. The minimum Gasteiger partial charge on any atom is -0.493 e. The van der Waals surface area contributed by atoms with E-state index >= 15 is 0 Å². The van der Waals surface area contributed by atoms with E-state index in [2.05, 4.69) is 35.1 Å². The first-order valence-corrected chi connectivity index (χ1v) is 10.5. The molecule has 1 atom stereocenters. The van der Waals surface area contributed by atoms with Crippen molar-refractivity contribution in [2.45, 2.75) is 32.1 Å². The average molecular weight is 402 g/mol. The van der Waals surface area contributed by atoms with Crippen LogP contribution in [0, 0.1) is 6.92 Å². The van der Waals surface area contributed by atoms with Gasteiger partial charge in [0.25, 0.3) is 0 Å². The van der Waals surface area contributed by atoms with E-state index < -0.39 is 0 Å². The van der Waals surface area contributed by atoms with Crippen molar-refractivity contribution in [2.75, 3.05) is 19.7 Å². The molecule has 0 spiro atoms. The van der Waals surface area contributed by atoms with Gasteiger partial charge in [-0.15, -0.1) is 0 Å². The topological polar surface area (TPSA) is 55.3 Å². The van der Waals surface area contributed by atoms with Crippen LogP contribution in [0.4, 0.5) is 0 Å². The van der Waals surface area contributed by atoms with Crippen LogP contribution < -0.4 is 4.74 Å². The van der Waals surface area contributed by atoms with Gasteiger partial charge >= 0.3 is 0 Å². The summed E-state index contributed by atoms with van der Waals surface area (Å²) < 4.78 is 5.70. The highest BCUT2D eigenvalue weighted by Gasteiger charge is 2.27. The van der Waals surface area contributed by atoms with Crippen LogP contribution in [0.15, 0.2) is 67.0 Å². The highest BCUT2D eigenvalue weighted by Crippen LogP contribution is 2.32. The first kappa shape index (κ1) is 20.1. The van der Waals surface area contributed by atoms with Gasteiger partial charge in [0.2, 0.25) is 5.91 Å². The summed E-state index contributed by atoms with van der Waals surface area (Å²) in [6.07, 6.45) is 5.87. The Hall–Kier alpha value is -3.21. The Morgan fingerprint density at radius 1 is 1.10 bits per heavy atom. The number of ether oxygens (including phenoxy) is 1. The monoisotopic (exact) mass is 401 g/mol. The highest BCUT2D eigenvalue weighted by atomic mass is 16.5. The van der Waals surface area contributed by atoms with Crippen LogP contribution in [0.25, 0.3) is 11.3 Å². The summed E-state index contributed by atoms with van der Waals surface area (Å²) in [4.78, 5) is 24.0. The summed E-state index contributed by atoms with van der Waals surface area (Å²) in [5, 5.41) is 0. The maximum Gasteiger partial charge on any atom is 0.226 e. The van der Waals surface area contributed by atoms with Gasteiger partial charge in [-0.25, -0.2) is 0 Å². The summed E-state index contributed by atoms with van der Waals surface area (Å²) in [5.74, 6) is 1.13. The van der Waals surface area contributed by atoms with E-state index in [1.807, 2.05) is 41.3 Å². The number of hydrogen-bond acceptors (Lipinski definition) is 4. The molecule has 3 aromatic rings. The largest absolute Gasteiger partial charge is 0.493 e. The van der Waals surface area contributed by atoms with Crippen LogP contribution >= 0.6 is 0 Å². The smallest absolute Gasteiger partial charge is 0.226 e. The molecule has 1 unspecified atom stereocenters. The number of para-hydroxylation sites is 1. The van der Waals surface area contributed by atoms with Gasteiger partial charge in [-0.2, -0.15) is 0 Å². The Balaban J connectivity index is 1.42. The van der Waals surface area contributed by atoms with Crippen LogP contribution in [-0.2, 0) is 4.79 Å². The molecule has 0 bridgehead atoms. The number of benzene rings is 2. The third kappa shape index (κ3) is 4.85. The maximum absolute atomic E-state index is 12.8. The van der Waals surface area contributed by atoms with Crippen molar-refractivity contribution >= 4 is 5.91 Å². The Kier molecular flexibility index (Phi) is 6.38. The number of amides is 1. The van der Waals surface area contributed by atoms with Gasteiger partial charge in [0.1, 0.15) is 5.75 Å². The molecule has 5 nitrogen and oxygen atoms in total. The maximum atomic E-state index is 12.8. The lowest BCUT2D eigenvalue weighted by Crippen LogP contribution is -2.40. The first-order chi connectivity index (χ1) is 14.7. The van der Waals surface area contributed by atoms with E-state index in [1.54, 1.807) is 12.4 Å². The molecule has 5 heteroatoms. The number of aromatic nitrogens is 2. The summed E-state index contributed by atoms with van der Waals surface area (Å²) in [6.45, 7) is 3.95. The number of carbonyl (C=O) groups is 1. The second-order valence-electron chi connectivity index (χ2n) is 7.75. The SMILES string of the molecule is Cc1cccc(-c2nccnc2C2CCCN(C(=O)CCOc3ccccc3)C2)c1. The Morgan fingerprint density at radius 2 is 1.93 bits per heavy atom. The van der Waals surface area contributed by atoms with Crippen LogP contribution in [0.1, 0.15) is 36.4 Å². The molecule has 0 radical (unpaired) electrons. The number of piperidine rings is 1. The fraction of sp³-hybridized carbons (Fsp3) is 0.320. The quantitative estimate of drug-likeness (QED) is 0.604. The molecule has 1 saturated heterocycles. The molecule has 1 amide bonds. The molecule has 1 aromatic heterocycles. The van der Waals surface area contributed by atoms with Crippen LogP contribution in [0.2, 0.25) is 0 Å². The minimum absolute atomic E-state index is 0.136. The zero-order chi connectivity index (χ0) is 20.8. The molecule has 1 aliphatic heterocycles. The van der Waals surface area contributed by atoms with Crippen molar-refractivity contribution in [3.05, 3.63) is 78.2 Å². The van der Waals surface area contributed by atoms with Crippen molar-refractivity contribution in [3.63, 3.8) is 0 Å². The zero-order valence-corrected chi connectivity index (χ0v) is 17.3. The molecule has 154 valence electrons. The predicted molar refractivity (Wildman–Crippen MR) is 117 cm³/mol. The van der Waals surface area contributed by atoms with Crippen molar-refractivity contribution in [3.8, 4) is 17.0 Å². The molecular formula is C25H27N3O2. The van der Waals surface area contributed by atoms with E-state index in [1.165, 1.54) is 5.56 Å². The van der Waals surface area contributed by atoms with Crippen LogP contribution in [0.5, 0.6) is 5.75 Å². The summed E-state index contributed by atoms with van der Waals surface area (Å²) >= 11 is 0. The van der Waals surface area contributed by atoms with Gasteiger partial charge in [-0.1, -0.05) is 42.0 Å². The third-order valence-corrected chi connectivity index (χ3v) is 5.51. The molecule has 4 rings (SSSR count).